The van der Waals surface area contributed by atoms with E-state index < -0.39 is 11.9 Å². The van der Waals surface area contributed by atoms with E-state index in [1.54, 1.807) is 24.1 Å². The summed E-state index contributed by atoms with van der Waals surface area (Å²) in [6.07, 6.45) is 2.67. The van der Waals surface area contributed by atoms with Crippen molar-refractivity contribution in [3.63, 3.8) is 0 Å². The number of likely N-dealkylation sites (tertiary alicyclic amines) is 1. The zero-order chi connectivity index (χ0) is 39.1. The molecule has 0 aliphatic carbocycles. The van der Waals surface area contributed by atoms with Crippen LogP contribution in [-0.2, 0) is 15.8 Å². The average molecular weight is 734 g/mol. The highest BCUT2D eigenvalue weighted by atomic mass is 19.4. The van der Waals surface area contributed by atoms with Crippen molar-refractivity contribution in [2.24, 2.45) is 21.6 Å². The molecule has 2 aliphatic heterocycles. The molecule has 2 aromatic carbocycles. The first-order valence-electron chi connectivity index (χ1n) is 17.6. The molecule has 0 spiro atoms. The van der Waals surface area contributed by atoms with Crippen LogP contribution in [0.4, 0.5) is 24.5 Å². The Morgan fingerprint density at radius 3 is 2.42 bits per heavy atom. The molecule has 2 aliphatic rings. The number of nitrogens with two attached hydrogens (primary N) is 2. The minimum absolute atomic E-state index is 0.0193. The number of likely N-dealkylation sites (N-methyl/N-ethyl adjacent to an activating group) is 1. The number of nitrogens with one attached hydrogen (secondary N) is 1. The number of amidine groups is 1. The topological polar surface area (TPSA) is 157 Å². The summed E-state index contributed by atoms with van der Waals surface area (Å²) in [5.41, 5.74) is 15.2. The first-order chi connectivity index (χ1) is 25.4. The number of pyridine rings is 1. The number of benzene rings is 2. The lowest BCUT2D eigenvalue weighted by atomic mass is 9.98. The van der Waals surface area contributed by atoms with Crippen molar-refractivity contribution in [1.29, 1.82) is 5.41 Å². The number of halogens is 3. The van der Waals surface area contributed by atoms with Gasteiger partial charge in [0.15, 0.2) is 0 Å². The number of carbonyl (C=O) groups is 2. The van der Waals surface area contributed by atoms with Crippen molar-refractivity contribution in [2.75, 3.05) is 64.0 Å². The molecule has 0 bridgehead atoms. The second-order valence-corrected chi connectivity index (χ2v) is 12.3. The van der Waals surface area contributed by atoms with Gasteiger partial charge in [0.05, 0.1) is 18.2 Å². The zero-order valence-corrected chi connectivity index (χ0v) is 31.0. The Hall–Kier alpha value is -5.21. The Balaban J connectivity index is 0.000000306. The Morgan fingerprint density at radius 2 is 1.81 bits per heavy atom. The normalized spacial score (nSPS) is 16.6. The predicted octanol–water partition coefficient (Wildman–Crippen LogP) is 5.77. The number of alkyl halides is 3. The molecule has 0 saturated carbocycles. The summed E-state index contributed by atoms with van der Waals surface area (Å²) in [5.74, 6) is 0.130. The standard InChI is InChI=1S/C22H24F3N5O2.C15H20N4.C2H6/c1-2-30(21(32)15-6-8-29(13-15)9-10-31)16-3-4-18(26)17(12-16)20(27)14-5-7-28-19(11-14)22(23,24)25;1-17-11-18-15(16)14-5-3-12(4-6-14)13-7-9-19(2)10-8-13;1-2/h3-5,7,10-12,15,27H,2,6,8-9,13,26H2,1H3;3-7,11H,8-10H2,1-2H3,(H2,16,17,18);1-2H3. The van der Waals surface area contributed by atoms with Crippen LogP contribution in [0.2, 0.25) is 0 Å². The van der Waals surface area contributed by atoms with Gasteiger partial charge in [0.25, 0.3) is 0 Å². The van der Waals surface area contributed by atoms with Crippen LogP contribution in [0.1, 0.15) is 61.6 Å². The monoisotopic (exact) mass is 733 g/mol. The number of aldehydes is 1. The number of nitrogens with zero attached hydrogens (tertiary/aromatic N) is 6. The van der Waals surface area contributed by atoms with Gasteiger partial charge in [0.1, 0.15) is 24.2 Å². The van der Waals surface area contributed by atoms with E-state index in [1.807, 2.05) is 37.8 Å². The van der Waals surface area contributed by atoms with Crippen molar-refractivity contribution in [3.05, 3.63) is 94.8 Å². The molecule has 1 unspecified atom stereocenters. The fourth-order valence-electron chi connectivity index (χ4n) is 5.90. The van der Waals surface area contributed by atoms with Crippen molar-refractivity contribution < 1.29 is 22.8 Å². The van der Waals surface area contributed by atoms with Gasteiger partial charge in [-0.3, -0.25) is 25.1 Å². The molecule has 53 heavy (non-hydrogen) atoms. The highest BCUT2D eigenvalue weighted by Crippen LogP contribution is 2.30. The van der Waals surface area contributed by atoms with E-state index in [9.17, 15) is 22.8 Å². The maximum absolute atomic E-state index is 13.1. The van der Waals surface area contributed by atoms with Crippen LogP contribution >= 0.6 is 0 Å². The fourth-order valence-corrected chi connectivity index (χ4v) is 5.90. The second-order valence-electron chi connectivity index (χ2n) is 12.3. The van der Waals surface area contributed by atoms with Crippen molar-refractivity contribution in [3.8, 4) is 0 Å². The van der Waals surface area contributed by atoms with Crippen LogP contribution in [-0.4, -0.2) is 98.2 Å². The quantitative estimate of drug-likeness (QED) is 0.103. The molecule has 0 radical (unpaired) electrons. The lowest BCUT2D eigenvalue weighted by Gasteiger charge is -2.25. The number of aliphatic imine (C=N–C) groups is 2. The Morgan fingerprint density at radius 1 is 1.09 bits per heavy atom. The van der Waals surface area contributed by atoms with Gasteiger partial charge in [-0.25, -0.2) is 4.99 Å². The molecule has 1 aromatic heterocycles. The molecule has 3 aromatic rings. The highest BCUT2D eigenvalue weighted by Gasteiger charge is 2.33. The van der Waals surface area contributed by atoms with Crippen molar-refractivity contribution in [1.82, 2.24) is 14.8 Å². The van der Waals surface area contributed by atoms with Gasteiger partial charge in [-0.1, -0.05) is 44.2 Å². The number of hydrogen-bond acceptors (Lipinski definition) is 8. The number of carbonyl (C=O) groups excluding carboxylic acids is 2. The van der Waals surface area contributed by atoms with E-state index in [-0.39, 0.29) is 40.9 Å². The first-order valence-corrected chi connectivity index (χ1v) is 17.6. The Kier molecular flexibility index (Phi) is 16.0. The van der Waals surface area contributed by atoms with Crippen molar-refractivity contribution >= 4 is 47.0 Å². The van der Waals surface area contributed by atoms with Gasteiger partial charge in [-0.2, -0.15) is 13.2 Å². The third-order valence-corrected chi connectivity index (χ3v) is 8.77. The van der Waals surface area contributed by atoms with Gasteiger partial charge in [0, 0.05) is 67.5 Å². The fraction of sp³-hybridized carbons (Fsp3) is 0.385. The number of hydrogen-bond donors (Lipinski definition) is 3. The molecule has 1 amide bonds. The van der Waals surface area contributed by atoms with Crippen LogP contribution in [0, 0.1) is 11.3 Å². The average Bonchev–Trinajstić information content (AvgIpc) is 3.64. The number of rotatable bonds is 10. The third-order valence-electron chi connectivity index (χ3n) is 8.77. The van der Waals surface area contributed by atoms with Gasteiger partial charge in [-0.15, -0.1) is 0 Å². The first kappa shape index (κ1) is 42.2. The molecule has 1 fully saturated rings. The number of anilines is 2. The molecule has 3 heterocycles. The second kappa shape index (κ2) is 20.1. The molecule has 14 heteroatoms. The largest absolute Gasteiger partial charge is 0.433 e. The van der Waals surface area contributed by atoms with E-state index in [0.717, 1.165) is 43.6 Å². The summed E-state index contributed by atoms with van der Waals surface area (Å²) in [6.45, 7) is 9.75. The van der Waals surface area contributed by atoms with E-state index >= 15 is 0 Å². The number of amides is 1. The highest BCUT2D eigenvalue weighted by molar-refractivity contribution is 6.14. The molecule has 5 N–H and O–H groups in total. The van der Waals surface area contributed by atoms with Crippen LogP contribution in [0.15, 0.2) is 76.9 Å². The maximum atomic E-state index is 13.1. The molecule has 1 atom stereocenters. The lowest BCUT2D eigenvalue weighted by Crippen LogP contribution is -2.37. The maximum Gasteiger partial charge on any atom is 0.433 e. The molecular weight excluding hydrogens is 683 g/mol. The zero-order valence-electron chi connectivity index (χ0n) is 31.0. The smallest absolute Gasteiger partial charge is 0.398 e. The van der Waals surface area contributed by atoms with Crippen LogP contribution < -0.4 is 16.4 Å². The summed E-state index contributed by atoms with van der Waals surface area (Å²) >= 11 is 0. The molecule has 284 valence electrons. The Labute approximate surface area is 309 Å². The number of aromatic nitrogens is 1. The van der Waals surface area contributed by atoms with E-state index in [0.29, 0.717) is 37.6 Å². The number of nitrogen functional groups attached to an aromatic ring is 1. The molecule has 1 saturated heterocycles. The van der Waals surface area contributed by atoms with E-state index in [1.165, 1.54) is 29.6 Å². The molecule has 5 rings (SSSR count). The minimum atomic E-state index is -4.63. The summed E-state index contributed by atoms with van der Waals surface area (Å²) in [6, 6.07) is 15.1. The van der Waals surface area contributed by atoms with Gasteiger partial charge in [-0.05, 0) is 74.8 Å². The summed E-state index contributed by atoms with van der Waals surface area (Å²) in [4.78, 5) is 40.8. The third kappa shape index (κ3) is 11.6. The van der Waals surface area contributed by atoms with Crippen LogP contribution in [0.25, 0.3) is 5.57 Å². The molecule has 11 nitrogen and oxygen atoms in total. The summed E-state index contributed by atoms with van der Waals surface area (Å²) < 4.78 is 39.1. The summed E-state index contributed by atoms with van der Waals surface area (Å²) in [7, 11) is 3.81. The van der Waals surface area contributed by atoms with Gasteiger partial charge < -0.3 is 26.1 Å². The van der Waals surface area contributed by atoms with Gasteiger partial charge in [0.2, 0.25) is 5.91 Å². The van der Waals surface area contributed by atoms with Gasteiger partial charge >= 0.3 is 6.18 Å². The van der Waals surface area contributed by atoms with E-state index in [2.05, 4.69) is 45.1 Å². The minimum Gasteiger partial charge on any atom is -0.398 e. The van der Waals surface area contributed by atoms with Crippen molar-refractivity contribution in [2.45, 2.75) is 39.8 Å². The van der Waals surface area contributed by atoms with Crippen LogP contribution in [0.3, 0.4) is 0 Å². The molecular formula is C39H50F3N9O2. The van der Waals surface area contributed by atoms with E-state index in [4.69, 9.17) is 16.9 Å². The Bertz CT molecular complexity index is 1790. The summed E-state index contributed by atoms with van der Waals surface area (Å²) in [5, 5.41) is 8.44. The lowest BCUT2D eigenvalue weighted by molar-refractivity contribution is -0.141. The van der Waals surface area contributed by atoms with Crippen LogP contribution in [0.5, 0.6) is 0 Å². The predicted molar refractivity (Wildman–Crippen MR) is 208 cm³/mol. The SMILES string of the molecule is CC.CCN(C(=O)C1CCN(CC=O)C1)c1ccc(N)c(C(=N)c2ccnc(C(F)(F)F)c2)c1.CN=CN=C(N)c1ccc(C2=CCN(C)CC2)cc1.